The van der Waals surface area contributed by atoms with Crippen LogP contribution in [0.15, 0.2) is 29.3 Å². The van der Waals surface area contributed by atoms with E-state index >= 15 is 0 Å². The molecule has 0 aliphatic heterocycles. The maximum atomic E-state index is 5.39. The van der Waals surface area contributed by atoms with Crippen molar-refractivity contribution in [3.63, 3.8) is 0 Å². The molecule has 1 rings (SSSR count). The van der Waals surface area contributed by atoms with E-state index in [1.807, 2.05) is 25.1 Å². The zero-order valence-electron chi connectivity index (χ0n) is 8.19. The highest BCUT2D eigenvalue weighted by atomic mass is 32.1. The summed E-state index contributed by atoms with van der Waals surface area (Å²) in [5.41, 5.74) is 1.21. The van der Waals surface area contributed by atoms with Crippen LogP contribution in [0.4, 0.5) is 0 Å². The molecule has 0 heterocycles. The van der Waals surface area contributed by atoms with Crippen molar-refractivity contribution in [1.29, 1.82) is 0 Å². The summed E-state index contributed by atoms with van der Waals surface area (Å²) in [4.78, 5) is 3.87. The van der Waals surface area contributed by atoms with Crippen LogP contribution >= 0.6 is 12.2 Å². The Labute approximate surface area is 89.6 Å². The summed E-state index contributed by atoms with van der Waals surface area (Å²) in [6, 6.07) is 8.03. The highest BCUT2D eigenvalue weighted by Crippen LogP contribution is 2.13. The monoisotopic (exact) mass is 207 g/mol. The van der Waals surface area contributed by atoms with E-state index in [1.54, 1.807) is 0 Å². The van der Waals surface area contributed by atoms with Gasteiger partial charge in [-0.2, -0.15) is 0 Å². The molecule has 0 aliphatic rings. The van der Waals surface area contributed by atoms with Gasteiger partial charge in [0, 0.05) is 0 Å². The number of thiocarbonyl (C=S) groups is 1. The number of hydrogen-bond donors (Lipinski definition) is 0. The second-order valence-electron chi connectivity index (χ2n) is 2.80. The molecule has 2 nitrogen and oxygen atoms in total. The van der Waals surface area contributed by atoms with Gasteiger partial charge in [-0.05, 0) is 43.3 Å². The molecule has 0 radical (unpaired) electrons. The van der Waals surface area contributed by atoms with E-state index in [2.05, 4.69) is 28.4 Å². The summed E-state index contributed by atoms with van der Waals surface area (Å²) in [5.74, 6) is 0.913. The summed E-state index contributed by atoms with van der Waals surface area (Å²) in [7, 11) is 0. The molecule has 0 amide bonds. The number of benzene rings is 1. The van der Waals surface area contributed by atoms with Crippen LogP contribution in [0.25, 0.3) is 0 Å². The molecular weight excluding hydrogens is 194 g/mol. The molecule has 0 aromatic heterocycles. The van der Waals surface area contributed by atoms with Gasteiger partial charge in [0.2, 0.25) is 0 Å². The normalized spacial score (nSPS) is 9.21. The Bertz CT molecular complexity index is 332. The van der Waals surface area contributed by atoms with Gasteiger partial charge < -0.3 is 4.74 Å². The highest BCUT2D eigenvalue weighted by molar-refractivity contribution is 7.78. The minimum Gasteiger partial charge on any atom is -0.494 e. The highest BCUT2D eigenvalue weighted by Gasteiger charge is 1.95. The van der Waals surface area contributed by atoms with Crippen molar-refractivity contribution in [1.82, 2.24) is 0 Å². The lowest BCUT2D eigenvalue weighted by Crippen LogP contribution is -1.94. The standard InChI is InChI=1S/C11H13NOS/c1-2-13-11-5-3-4-10(8-11)6-7-12-9-14/h3-5,8H,2,6-7H2,1H3. The molecule has 14 heavy (non-hydrogen) atoms. The smallest absolute Gasteiger partial charge is 0.119 e. The largest absolute Gasteiger partial charge is 0.494 e. The first-order valence-corrected chi connectivity index (χ1v) is 5.03. The number of rotatable bonds is 5. The molecule has 0 aliphatic carbocycles. The number of ether oxygens (including phenoxy) is 1. The second kappa shape index (κ2) is 6.30. The van der Waals surface area contributed by atoms with E-state index in [9.17, 15) is 0 Å². The van der Waals surface area contributed by atoms with Crippen LogP contribution in [0.3, 0.4) is 0 Å². The lowest BCUT2D eigenvalue weighted by molar-refractivity contribution is 0.340. The van der Waals surface area contributed by atoms with Crippen molar-refractivity contribution in [2.45, 2.75) is 13.3 Å². The van der Waals surface area contributed by atoms with Crippen LogP contribution in [-0.2, 0) is 6.42 Å². The van der Waals surface area contributed by atoms with E-state index in [1.165, 1.54) is 5.56 Å². The molecule has 0 atom stereocenters. The van der Waals surface area contributed by atoms with E-state index in [-0.39, 0.29) is 0 Å². The Kier molecular flexibility index (Phi) is 4.90. The number of isothiocyanates is 1. The number of nitrogens with zero attached hydrogens (tertiary/aromatic N) is 1. The Hall–Kier alpha value is -1.18. The third-order valence-electron chi connectivity index (χ3n) is 1.79. The van der Waals surface area contributed by atoms with Crippen molar-refractivity contribution in [3.05, 3.63) is 29.8 Å². The van der Waals surface area contributed by atoms with Gasteiger partial charge in [0.25, 0.3) is 0 Å². The predicted molar refractivity (Wildman–Crippen MR) is 61.2 cm³/mol. The summed E-state index contributed by atoms with van der Waals surface area (Å²) in [6.07, 6.45) is 0.880. The Morgan fingerprint density at radius 3 is 3.07 bits per heavy atom. The van der Waals surface area contributed by atoms with Gasteiger partial charge in [-0.3, -0.25) is 0 Å². The van der Waals surface area contributed by atoms with Crippen molar-refractivity contribution < 1.29 is 4.74 Å². The maximum absolute atomic E-state index is 5.39. The van der Waals surface area contributed by atoms with Crippen molar-refractivity contribution in [2.24, 2.45) is 4.99 Å². The molecule has 3 heteroatoms. The van der Waals surface area contributed by atoms with E-state index in [0.717, 1.165) is 12.2 Å². The zero-order valence-corrected chi connectivity index (χ0v) is 9.01. The third kappa shape index (κ3) is 3.69. The summed E-state index contributed by atoms with van der Waals surface area (Å²) < 4.78 is 5.39. The molecule has 0 bridgehead atoms. The third-order valence-corrected chi connectivity index (χ3v) is 1.92. The first kappa shape index (κ1) is 10.9. The molecular formula is C11H13NOS. The van der Waals surface area contributed by atoms with E-state index < -0.39 is 0 Å². The van der Waals surface area contributed by atoms with Gasteiger partial charge >= 0.3 is 0 Å². The van der Waals surface area contributed by atoms with Gasteiger partial charge in [0.15, 0.2) is 0 Å². The van der Waals surface area contributed by atoms with Gasteiger partial charge in [-0.15, -0.1) is 0 Å². The molecule has 0 fully saturated rings. The molecule has 0 N–H and O–H groups in total. The average molecular weight is 207 g/mol. The fourth-order valence-corrected chi connectivity index (χ4v) is 1.28. The van der Waals surface area contributed by atoms with Gasteiger partial charge in [-0.25, -0.2) is 4.99 Å². The van der Waals surface area contributed by atoms with Crippen LogP contribution in [0, 0.1) is 0 Å². The van der Waals surface area contributed by atoms with Gasteiger partial charge in [-0.1, -0.05) is 12.1 Å². The van der Waals surface area contributed by atoms with Crippen molar-refractivity contribution in [2.75, 3.05) is 13.2 Å². The fraction of sp³-hybridized carbons (Fsp3) is 0.364. The van der Waals surface area contributed by atoms with Gasteiger partial charge in [0.05, 0.1) is 18.3 Å². The van der Waals surface area contributed by atoms with Crippen LogP contribution in [0.2, 0.25) is 0 Å². The van der Waals surface area contributed by atoms with Crippen LogP contribution in [0.5, 0.6) is 5.75 Å². The van der Waals surface area contributed by atoms with Crippen LogP contribution in [0.1, 0.15) is 12.5 Å². The molecule has 0 unspecified atom stereocenters. The Morgan fingerprint density at radius 2 is 2.36 bits per heavy atom. The van der Waals surface area contributed by atoms with E-state index in [0.29, 0.717) is 13.2 Å². The average Bonchev–Trinajstić information content (AvgIpc) is 2.19. The molecule has 1 aromatic rings. The topological polar surface area (TPSA) is 21.6 Å². The zero-order chi connectivity index (χ0) is 10.2. The SMILES string of the molecule is CCOc1cccc(CCN=C=S)c1. The minimum atomic E-state index is 0.694. The molecule has 0 saturated heterocycles. The summed E-state index contributed by atoms with van der Waals surface area (Å²) >= 11 is 4.49. The molecule has 0 saturated carbocycles. The maximum Gasteiger partial charge on any atom is 0.119 e. The minimum absolute atomic E-state index is 0.694. The first-order chi connectivity index (χ1) is 6.86. The molecule has 1 aromatic carbocycles. The lowest BCUT2D eigenvalue weighted by Gasteiger charge is -2.04. The fourth-order valence-electron chi connectivity index (χ4n) is 1.19. The number of aliphatic imine (C=N–C) groups is 1. The second-order valence-corrected chi connectivity index (χ2v) is 2.99. The Morgan fingerprint density at radius 1 is 1.50 bits per heavy atom. The van der Waals surface area contributed by atoms with Crippen LogP contribution in [-0.4, -0.2) is 18.3 Å². The van der Waals surface area contributed by atoms with Crippen molar-refractivity contribution in [3.8, 4) is 5.75 Å². The van der Waals surface area contributed by atoms with Crippen LogP contribution < -0.4 is 4.74 Å². The van der Waals surface area contributed by atoms with Crippen molar-refractivity contribution >= 4 is 17.4 Å². The van der Waals surface area contributed by atoms with E-state index in [4.69, 9.17) is 4.74 Å². The number of hydrogen-bond acceptors (Lipinski definition) is 3. The Balaban J connectivity index is 2.58. The summed E-state index contributed by atoms with van der Waals surface area (Å²) in [6.45, 7) is 3.36. The quantitative estimate of drug-likeness (QED) is 0.547. The molecule has 0 spiro atoms. The lowest BCUT2D eigenvalue weighted by atomic mass is 10.1. The summed E-state index contributed by atoms with van der Waals surface area (Å²) in [5, 5.41) is 2.35. The van der Waals surface area contributed by atoms with Gasteiger partial charge in [0.1, 0.15) is 5.75 Å². The first-order valence-electron chi connectivity index (χ1n) is 4.62. The molecule has 74 valence electrons. The predicted octanol–water partition coefficient (Wildman–Crippen LogP) is 2.73.